The average Bonchev–Trinajstić information content (AvgIpc) is 2.69. The molecule has 1 aliphatic heterocycles. The fourth-order valence-electron chi connectivity index (χ4n) is 2.38. The fraction of sp³-hybridized carbons (Fsp3) is 0.250. The van der Waals surface area contributed by atoms with Gasteiger partial charge >= 0.3 is 17.8 Å². The molecule has 2 rings (SSSR count). The van der Waals surface area contributed by atoms with Crippen LogP contribution in [0, 0.1) is 13.8 Å². The summed E-state index contributed by atoms with van der Waals surface area (Å²) in [6.07, 6.45) is 1.32. The number of carbonyl (C=O) groups is 4. The highest BCUT2D eigenvalue weighted by Crippen LogP contribution is 2.27. The number of amides is 5. The maximum absolute atomic E-state index is 12.2. The second kappa shape index (κ2) is 6.84. The van der Waals surface area contributed by atoms with Gasteiger partial charge in [0.15, 0.2) is 0 Å². The SMILES string of the molecule is C=CCN1C(=O)C(=O)N(CC(=O)Nc2c(C)cc(C)cc2Cl)C1=O. The Hall–Kier alpha value is -2.67. The Morgan fingerprint density at radius 2 is 1.83 bits per heavy atom. The van der Waals surface area contributed by atoms with E-state index in [-0.39, 0.29) is 6.54 Å². The van der Waals surface area contributed by atoms with E-state index in [1.165, 1.54) is 6.08 Å². The number of benzene rings is 1. The van der Waals surface area contributed by atoms with Crippen LogP contribution < -0.4 is 5.32 Å². The second-order valence-corrected chi connectivity index (χ2v) is 5.77. The number of urea groups is 1. The summed E-state index contributed by atoms with van der Waals surface area (Å²) in [6, 6.07) is 2.68. The number of anilines is 1. The molecule has 1 fully saturated rings. The van der Waals surface area contributed by atoms with Crippen LogP contribution in [0.2, 0.25) is 5.02 Å². The molecule has 1 N–H and O–H groups in total. The van der Waals surface area contributed by atoms with Gasteiger partial charge < -0.3 is 5.32 Å². The van der Waals surface area contributed by atoms with Gasteiger partial charge in [0.05, 0.1) is 10.7 Å². The van der Waals surface area contributed by atoms with Crippen molar-refractivity contribution in [3.63, 3.8) is 0 Å². The number of nitrogens with zero attached hydrogens (tertiary/aromatic N) is 2. The first kappa shape index (κ1) is 17.7. The van der Waals surface area contributed by atoms with Gasteiger partial charge in [0, 0.05) is 6.54 Å². The zero-order chi connectivity index (χ0) is 18.0. The fourth-order valence-corrected chi connectivity index (χ4v) is 2.74. The van der Waals surface area contributed by atoms with Crippen molar-refractivity contribution in [2.45, 2.75) is 13.8 Å². The van der Waals surface area contributed by atoms with Gasteiger partial charge in [-0.3, -0.25) is 19.3 Å². The lowest BCUT2D eigenvalue weighted by Crippen LogP contribution is -2.39. The summed E-state index contributed by atoms with van der Waals surface area (Å²) in [5.74, 6) is -2.64. The van der Waals surface area contributed by atoms with Crippen molar-refractivity contribution in [2.75, 3.05) is 18.4 Å². The molecule has 0 radical (unpaired) electrons. The normalized spacial score (nSPS) is 14.4. The molecule has 5 amide bonds. The largest absolute Gasteiger partial charge is 0.335 e. The number of carbonyl (C=O) groups excluding carboxylic acids is 4. The smallest absolute Gasteiger partial charge is 0.323 e. The molecule has 126 valence electrons. The van der Waals surface area contributed by atoms with Crippen molar-refractivity contribution in [2.24, 2.45) is 0 Å². The van der Waals surface area contributed by atoms with Crippen molar-refractivity contribution < 1.29 is 19.2 Å². The molecule has 0 saturated carbocycles. The third kappa shape index (κ3) is 3.30. The molecule has 8 heteroatoms. The lowest BCUT2D eigenvalue weighted by Gasteiger charge is -2.15. The summed E-state index contributed by atoms with van der Waals surface area (Å²) in [5.41, 5.74) is 2.09. The Labute approximate surface area is 143 Å². The van der Waals surface area contributed by atoms with E-state index in [0.29, 0.717) is 15.6 Å². The number of hydrogen-bond donors (Lipinski definition) is 1. The van der Waals surface area contributed by atoms with Crippen LogP contribution in [0.1, 0.15) is 11.1 Å². The summed E-state index contributed by atoms with van der Waals surface area (Å²) >= 11 is 6.10. The topological polar surface area (TPSA) is 86.8 Å². The molecule has 0 bridgehead atoms. The molecule has 0 unspecified atom stereocenters. The van der Waals surface area contributed by atoms with Crippen LogP contribution in [0.25, 0.3) is 0 Å². The zero-order valence-corrected chi connectivity index (χ0v) is 14.0. The van der Waals surface area contributed by atoms with E-state index in [0.717, 1.165) is 16.0 Å². The molecule has 1 saturated heterocycles. The Morgan fingerprint density at radius 1 is 1.21 bits per heavy atom. The Balaban J connectivity index is 2.13. The highest BCUT2D eigenvalue weighted by molar-refractivity contribution is 6.45. The lowest BCUT2D eigenvalue weighted by atomic mass is 10.1. The Kier molecular flexibility index (Phi) is 5.04. The first-order chi connectivity index (χ1) is 11.3. The molecule has 0 aromatic heterocycles. The summed E-state index contributed by atoms with van der Waals surface area (Å²) in [5, 5.41) is 2.92. The molecule has 0 spiro atoms. The zero-order valence-electron chi connectivity index (χ0n) is 13.3. The van der Waals surface area contributed by atoms with Crippen LogP contribution in [0.3, 0.4) is 0 Å². The molecule has 0 atom stereocenters. The standard InChI is InChI=1S/C16H16ClN3O4/c1-4-5-19-14(22)15(23)20(16(19)24)8-12(21)18-13-10(3)6-9(2)7-11(13)17/h4,6-7H,1,5,8H2,2-3H3,(H,18,21). The van der Waals surface area contributed by atoms with Crippen LogP contribution >= 0.6 is 11.6 Å². The minimum Gasteiger partial charge on any atom is -0.323 e. The quantitative estimate of drug-likeness (QED) is 0.499. The highest BCUT2D eigenvalue weighted by Gasteiger charge is 2.44. The molecule has 24 heavy (non-hydrogen) atoms. The summed E-state index contributed by atoms with van der Waals surface area (Å²) < 4.78 is 0. The van der Waals surface area contributed by atoms with Crippen molar-refractivity contribution >= 4 is 41.0 Å². The Bertz CT molecular complexity index is 737. The molecule has 1 aromatic carbocycles. The number of nitrogens with one attached hydrogen (secondary N) is 1. The minimum atomic E-state index is -1.04. The van der Waals surface area contributed by atoms with Crippen LogP contribution in [0.15, 0.2) is 24.8 Å². The van der Waals surface area contributed by atoms with E-state index >= 15 is 0 Å². The molecule has 7 nitrogen and oxygen atoms in total. The number of rotatable bonds is 5. The monoisotopic (exact) mass is 349 g/mol. The number of imide groups is 2. The third-order valence-corrected chi connectivity index (χ3v) is 3.74. The third-order valence-electron chi connectivity index (χ3n) is 3.44. The predicted molar refractivity (Wildman–Crippen MR) is 88.6 cm³/mol. The van der Waals surface area contributed by atoms with E-state index in [1.54, 1.807) is 13.0 Å². The van der Waals surface area contributed by atoms with Crippen LogP contribution in [0.5, 0.6) is 0 Å². The summed E-state index contributed by atoms with van der Waals surface area (Å²) in [4.78, 5) is 49.1. The van der Waals surface area contributed by atoms with Gasteiger partial charge in [-0.1, -0.05) is 23.7 Å². The first-order valence-corrected chi connectivity index (χ1v) is 7.49. The molecule has 0 aliphatic carbocycles. The molecule has 1 heterocycles. The first-order valence-electron chi connectivity index (χ1n) is 7.11. The van der Waals surface area contributed by atoms with Gasteiger partial charge in [-0.25, -0.2) is 9.69 Å². The molecule has 1 aliphatic rings. The van der Waals surface area contributed by atoms with Crippen LogP contribution in [-0.2, 0) is 14.4 Å². The van der Waals surface area contributed by atoms with E-state index in [1.807, 2.05) is 13.0 Å². The minimum absolute atomic E-state index is 0.0928. The number of aryl methyl sites for hydroxylation is 2. The van der Waals surface area contributed by atoms with Gasteiger partial charge in [0.25, 0.3) is 0 Å². The average molecular weight is 350 g/mol. The van der Waals surface area contributed by atoms with E-state index < -0.39 is 30.3 Å². The lowest BCUT2D eigenvalue weighted by molar-refractivity contribution is -0.143. The maximum atomic E-state index is 12.2. The van der Waals surface area contributed by atoms with Gasteiger partial charge in [0.2, 0.25) is 5.91 Å². The predicted octanol–water partition coefficient (Wildman–Crippen LogP) is 1.87. The maximum Gasteiger partial charge on any atom is 0.335 e. The van der Waals surface area contributed by atoms with Crippen LogP contribution in [0.4, 0.5) is 10.5 Å². The van der Waals surface area contributed by atoms with Crippen molar-refractivity contribution in [1.82, 2.24) is 9.80 Å². The van der Waals surface area contributed by atoms with Crippen molar-refractivity contribution in [3.8, 4) is 0 Å². The summed E-state index contributed by atoms with van der Waals surface area (Å²) in [6.45, 7) is 6.40. The van der Waals surface area contributed by atoms with Gasteiger partial charge in [0.1, 0.15) is 6.54 Å². The van der Waals surface area contributed by atoms with E-state index in [4.69, 9.17) is 11.6 Å². The summed E-state index contributed by atoms with van der Waals surface area (Å²) in [7, 11) is 0. The Morgan fingerprint density at radius 3 is 2.42 bits per heavy atom. The van der Waals surface area contributed by atoms with Crippen molar-refractivity contribution in [3.05, 3.63) is 40.9 Å². The number of halogens is 1. The van der Waals surface area contributed by atoms with Crippen molar-refractivity contribution in [1.29, 1.82) is 0 Å². The molecular weight excluding hydrogens is 334 g/mol. The van der Waals surface area contributed by atoms with Gasteiger partial charge in [-0.2, -0.15) is 0 Å². The van der Waals surface area contributed by atoms with E-state index in [2.05, 4.69) is 11.9 Å². The van der Waals surface area contributed by atoms with Crippen LogP contribution in [-0.4, -0.2) is 46.6 Å². The molecule has 1 aromatic rings. The van der Waals surface area contributed by atoms with Gasteiger partial charge in [-0.05, 0) is 31.0 Å². The number of hydrogen-bond acceptors (Lipinski definition) is 4. The molecular formula is C16H16ClN3O4. The van der Waals surface area contributed by atoms with Gasteiger partial charge in [-0.15, -0.1) is 6.58 Å². The second-order valence-electron chi connectivity index (χ2n) is 5.37. The van der Waals surface area contributed by atoms with E-state index in [9.17, 15) is 19.2 Å². The highest BCUT2D eigenvalue weighted by atomic mass is 35.5.